The number of hydrogen-bond acceptors (Lipinski definition) is 2. The van der Waals surface area contributed by atoms with Gasteiger partial charge in [0, 0.05) is 12.6 Å². The van der Waals surface area contributed by atoms with E-state index in [1.807, 2.05) is 0 Å². The van der Waals surface area contributed by atoms with Crippen molar-refractivity contribution in [2.24, 2.45) is 5.92 Å². The third-order valence-electron chi connectivity index (χ3n) is 3.34. The summed E-state index contributed by atoms with van der Waals surface area (Å²) < 4.78 is 0. The van der Waals surface area contributed by atoms with Gasteiger partial charge in [-0.2, -0.15) is 11.8 Å². The van der Waals surface area contributed by atoms with E-state index in [0.29, 0.717) is 6.04 Å². The molecule has 0 spiro atoms. The molecule has 2 unspecified atom stereocenters. The topological polar surface area (TPSA) is 12.0 Å². The molecular weight excluding hydrogens is 190 g/mol. The summed E-state index contributed by atoms with van der Waals surface area (Å²) >= 11 is 2.10. The summed E-state index contributed by atoms with van der Waals surface area (Å²) in [5, 5.41) is 3.65. The van der Waals surface area contributed by atoms with Crippen LogP contribution in [-0.4, -0.2) is 11.5 Å². The van der Waals surface area contributed by atoms with E-state index in [0.717, 1.165) is 12.5 Å². The third kappa shape index (κ3) is 1.37. The number of nitrogens with one attached hydrogen (secondary N) is 1. The van der Waals surface area contributed by atoms with Crippen LogP contribution in [0, 0.1) is 5.92 Å². The van der Waals surface area contributed by atoms with Gasteiger partial charge in [0.05, 0.1) is 0 Å². The van der Waals surface area contributed by atoms with Gasteiger partial charge in [-0.05, 0) is 35.0 Å². The van der Waals surface area contributed by atoms with Gasteiger partial charge in [0.2, 0.25) is 0 Å². The molecule has 2 aliphatic rings. The first-order chi connectivity index (χ1) is 6.95. The van der Waals surface area contributed by atoms with Crippen LogP contribution in [0.2, 0.25) is 0 Å². The summed E-state index contributed by atoms with van der Waals surface area (Å²) in [6.45, 7) is 1.07. The monoisotopic (exact) mass is 205 g/mol. The lowest BCUT2D eigenvalue weighted by Gasteiger charge is -2.18. The number of fused-ring (bicyclic) bond motifs is 1. The highest BCUT2D eigenvalue weighted by Crippen LogP contribution is 2.38. The molecule has 1 aromatic carbocycles. The zero-order valence-corrected chi connectivity index (χ0v) is 9.02. The Labute approximate surface area is 89.3 Å². The second kappa shape index (κ2) is 3.59. The van der Waals surface area contributed by atoms with Gasteiger partial charge >= 0.3 is 0 Å². The van der Waals surface area contributed by atoms with Crippen molar-refractivity contribution in [3.8, 4) is 0 Å². The Morgan fingerprint density at radius 3 is 3.07 bits per heavy atom. The Hall–Kier alpha value is -0.470. The smallest absolute Gasteiger partial charge is 0.0363 e. The van der Waals surface area contributed by atoms with Crippen LogP contribution in [0.3, 0.4) is 0 Å². The molecule has 14 heavy (non-hydrogen) atoms. The van der Waals surface area contributed by atoms with E-state index in [-0.39, 0.29) is 0 Å². The maximum Gasteiger partial charge on any atom is 0.0363 e. The summed E-state index contributed by atoms with van der Waals surface area (Å²) in [5.41, 5.74) is 3.06. The van der Waals surface area contributed by atoms with Gasteiger partial charge < -0.3 is 5.32 Å². The molecule has 2 atom stereocenters. The van der Waals surface area contributed by atoms with E-state index >= 15 is 0 Å². The van der Waals surface area contributed by atoms with Crippen molar-refractivity contribution < 1.29 is 0 Å². The van der Waals surface area contributed by atoms with E-state index < -0.39 is 0 Å². The Bertz CT molecular complexity index is 331. The van der Waals surface area contributed by atoms with Gasteiger partial charge in [0.1, 0.15) is 0 Å². The zero-order chi connectivity index (χ0) is 9.38. The second-order valence-corrected chi connectivity index (χ2v) is 5.33. The second-order valence-electron chi connectivity index (χ2n) is 4.18. The molecule has 2 heteroatoms. The number of rotatable bonds is 1. The van der Waals surface area contributed by atoms with Gasteiger partial charge in [-0.3, -0.25) is 0 Å². The van der Waals surface area contributed by atoms with E-state index in [9.17, 15) is 0 Å². The van der Waals surface area contributed by atoms with Crippen LogP contribution >= 0.6 is 11.8 Å². The maximum atomic E-state index is 3.65. The van der Waals surface area contributed by atoms with Crippen molar-refractivity contribution in [2.75, 3.05) is 11.5 Å². The molecule has 0 saturated carbocycles. The van der Waals surface area contributed by atoms with Gasteiger partial charge in [-0.25, -0.2) is 0 Å². The minimum absolute atomic E-state index is 0.640. The Kier molecular flexibility index (Phi) is 2.26. The van der Waals surface area contributed by atoms with E-state index in [4.69, 9.17) is 0 Å². The average Bonchev–Trinajstić information content (AvgIpc) is 2.85. The number of hydrogen-bond donors (Lipinski definition) is 1. The fraction of sp³-hybridized carbons (Fsp3) is 0.500. The molecule has 2 aliphatic heterocycles. The van der Waals surface area contributed by atoms with Gasteiger partial charge in [-0.15, -0.1) is 0 Å². The van der Waals surface area contributed by atoms with Gasteiger partial charge in [-0.1, -0.05) is 24.3 Å². The van der Waals surface area contributed by atoms with E-state index in [1.54, 1.807) is 5.56 Å². The first-order valence-corrected chi connectivity index (χ1v) is 6.49. The summed E-state index contributed by atoms with van der Waals surface area (Å²) in [6.07, 6.45) is 1.39. The standard InChI is InChI=1S/C12H15NS/c1-2-4-11-9(3-1)7-13-12(11)10-5-6-14-8-10/h1-4,10,12-13H,5-8H2. The molecule has 0 amide bonds. The van der Waals surface area contributed by atoms with Crippen LogP contribution in [0.5, 0.6) is 0 Å². The Morgan fingerprint density at radius 1 is 1.29 bits per heavy atom. The predicted octanol–water partition coefficient (Wildman–Crippen LogP) is 2.58. The normalized spacial score (nSPS) is 30.6. The molecule has 1 fully saturated rings. The third-order valence-corrected chi connectivity index (χ3v) is 4.53. The van der Waals surface area contributed by atoms with E-state index in [1.165, 1.54) is 23.5 Å². The summed E-state index contributed by atoms with van der Waals surface area (Å²) in [5.74, 6) is 3.56. The van der Waals surface area contributed by atoms with Gasteiger partial charge in [0.25, 0.3) is 0 Å². The summed E-state index contributed by atoms with van der Waals surface area (Å²) in [7, 11) is 0. The largest absolute Gasteiger partial charge is 0.306 e. The molecule has 0 bridgehead atoms. The highest BCUT2D eigenvalue weighted by Gasteiger charge is 2.30. The molecule has 3 rings (SSSR count). The zero-order valence-electron chi connectivity index (χ0n) is 8.20. The summed E-state index contributed by atoms with van der Waals surface area (Å²) in [6, 6.07) is 9.50. The van der Waals surface area contributed by atoms with Crippen LogP contribution in [0.25, 0.3) is 0 Å². The molecule has 74 valence electrons. The molecule has 2 heterocycles. The van der Waals surface area contributed by atoms with Crippen LogP contribution < -0.4 is 5.32 Å². The SMILES string of the molecule is c1ccc2c(c1)CNC2C1CCSC1. The predicted molar refractivity (Wildman–Crippen MR) is 61.5 cm³/mol. The minimum Gasteiger partial charge on any atom is -0.306 e. The highest BCUT2D eigenvalue weighted by molar-refractivity contribution is 7.99. The average molecular weight is 205 g/mol. The van der Waals surface area contributed by atoms with Gasteiger partial charge in [0.15, 0.2) is 0 Å². The van der Waals surface area contributed by atoms with Crippen molar-refractivity contribution in [1.29, 1.82) is 0 Å². The van der Waals surface area contributed by atoms with E-state index in [2.05, 4.69) is 41.3 Å². The van der Waals surface area contributed by atoms with Crippen LogP contribution in [-0.2, 0) is 6.54 Å². The fourth-order valence-electron chi connectivity index (χ4n) is 2.56. The van der Waals surface area contributed by atoms with Crippen molar-refractivity contribution in [2.45, 2.75) is 19.0 Å². The molecule has 1 N–H and O–H groups in total. The lowest BCUT2D eigenvalue weighted by Crippen LogP contribution is -2.21. The molecule has 0 aliphatic carbocycles. The maximum absolute atomic E-state index is 3.65. The fourth-order valence-corrected chi connectivity index (χ4v) is 3.86. The first-order valence-electron chi connectivity index (χ1n) is 5.34. The van der Waals surface area contributed by atoms with Crippen LogP contribution in [0.1, 0.15) is 23.6 Å². The van der Waals surface area contributed by atoms with Crippen LogP contribution in [0.15, 0.2) is 24.3 Å². The molecule has 0 aromatic heterocycles. The van der Waals surface area contributed by atoms with Crippen LogP contribution in [0.4, 0.5) is 0 Å². The molecule has 1 nitrogen and oxygen atoms in total. The number of thioether (sulfide) groups is 1. The minimum atomic E-state index is 0.640. The van der Waals surface area contributed by atoms with Crippen molar-refractivity contribution in [3.05, 3.63) is 35.4 Å². The first kappa shape index (κ1) is 8.81. The molecule has 1 saturated heterocycles. The quantitative estimate of drug-likeness (QED) is 0.756. The van der Waals surface area contributed by atoms with Crippen molar-refractivity contribution in [1.82, 2.24) is 5.32 Å². The Morgan fingerprint density at radius 2 is 2.21 bits per heavy atom. The highest BCUT2D eigenvalue weighted by atomic mass is 32.2. The van der Waals surface area contributed by atoms with Crippen molar-refractivity contribution in [3.63, 3.8) is 0 Å². The lowest BCUT2D eigenvalue weighted by molar-refractivity contribution is 0.419. The molecule has 1 aromatic rings. The molecular formula is C12H15NS. The molecule has 0 radical (unpaired) electrons. The van der Waals surface area contributed by atoms with Crippen molar-refractivity contribution >= 4 is 11.8 Å². The summed E-state index contributed by atoms with van der Waals surface area (Å²) in [4.78, 5) is 0. The lowest BCUT2D eigenvalue weighted by atomic mass is 9.93. The number of benzene rings is 1. The Balaban J connectivity index is 1.89.